The predicted octanol–water partition coefficient (Wildman–Crippen LogP) is 3.22. The van der Waals surface area contributed by atoms with Crippen molar-refractivity contribution in [1.29, 1.82) is 0 Å². The molecule has 0 aliphatic heterocycles. The van der Waals surface area contributed by atoms with Crippen LogP contribution in [0.2, 0.25) is 0 Å². The molecule has 0 saturated heterocycles. The minimum atomic E-state index is -0.561. The summed E-state index contributed by atoms with van der Waals surface area (Å²) in [6.45, 7) is 1.44. The third-order valence-electron chi connectivity index (χ3n) is 3.64. The number of hydrogen-bond acceptors (Lipinski definition) is 7. The molecule has 116 valence electrons. The molecule has 5 nitrogen and oxygen atoms in total. The molecular weight excluding hydrogens is 308 g/mol. The second-order valence-corrected chi connectivity index (χ2v) is 7.13. The van der Waals surface area contributed by atoms with Crippen LogP contribution < -0.4 is 5.32 Å². The summed E-state index contributed by atoms with van der Waals surface area (Å²) in [6.07, 6.45) is 6.85. The number of thiazole rings is 1. The minimum Gasteiger partial charge on any atom is -0.464 e. The number of carbonyl (C=O) groups is 2. The average Bonchev–Trinajstić information content (AvgIpc) is 2.91. The lowest BCUT2D eigenvalue weighted by molar-refractivity contribution is 0.0591. The molecule has 1 aromatic rings. The summed E-state index contributed by atoms with van der Waals surface area (Å²) in [5.41, 5.74) is 0.119. The van der Waals surface area contributed by atoms with Gasteiger partial charge in [-0.1, -0.05) is 24.2 Å². The van der Waals surface area contributed by atoms with E-state index in [0.29, 0.717) is 21.3 Å². The zero-order valence-corrected chi connectivity index (χ0v) is 14.1. The van der Waals surface area contributed by atoms with Crippen LogP contribution in [0.5, 0.6) is 0 Å². The molecule has 2 atom stereocenters. The lowest BCUT2D eigenvalue weighted by Crippen LogP contribution is -2.34. The Labute approximate surface area is 132 Å². The number of Topliss-reactive ketones (excluding diaryl/α,β-unsaturated/α-hetero) is 1. The smallest absolute Gasteiger partial charge is 0.358 e. The average molecular weight is 328 g/mol. The van der Waals surface area contributed by atoms with Crippen molar-refractivity contribution in [3.05, 3.63) is 10.6 Å². The van der Waals surface area contributed by atoms with Crippen molar-refractivity contribution >= 4 is 40.0 Å². The molecule has 1 fully saturated rings. The maximum absolute atomic E-state index is 11.7. The molecule has 1 heterocycles. The first-order chi connectivity index (χ1) is 10.1. The van der Waals surface area contributed by atoms with E-state index >= 15 is 0 Å². The van der Waals surface area contributed by atoms with Crippen LogP contribution in [0.25, 0.3) is 0 Å². The molecule has 1 aromatic heterocycles. The fourth-order valence-corrected chi connectivity index (χ4v) is 4.40. The van der Waals surface area contributed by atoms with Gasteiger partial charge in [0.25, 0.3) is 0 Å². The van der Waals surface area contributed by atoms with E-state index in [0.717, 1.165) is 6.42 Å². The number of nitrogens with one attached hydrogen (secondary N) is 1. The van der Waals surface area contributed by atoms with E-state index in [9.17, 15) is 9.59 Å². The number of methoxy groups -OCH3 is 1. The number of esters is 1. The van der Waals surface area contributed by atoms with Crippen LogP contribution in [-0.2, 0) is 4.74 Å². The van der Waals surface area contributed by atoms with Crippen LogP contribution in [0.1, 0.15) is 52.8 Å². The van der Waals surface area contributed by atoms with Crippen LogP contribution in [0.4, 0.5) is 5.13 Å². The number of aromatic nitrogens is 1. The monoisotopic (exact) mass is 328 g/mol. The Morgan fingerprint density at radius 2 is 2.10 bits per heavy atom. The Bertz CT molecular complexity index is 530. The van der Waals surface area contributed by atoms with Crippen molar-refractivity contribution in [2.24, 2.45) is 0 Å². The Morgan fingerprint density at radius 3 is 2.71 bits per heavy atom. The minimum absolute atomic E-state index is 0.119. The van der Waals surface area contributed by atoms with Crippen LogP contribution in [-0.4, -0.2) is 41.4 Å². The van der Waals surface area contributed by atoms with E-state index in [4.69, 9.17) is 4.74 Å². The van der Waals surface area contributed by atoms with Gasteiger partial charge in [0.05, 0.1) is 7.11 Å². The van der Waals surface area contributed by atoms with Gasteiger partial charge in [-0.3, -0.25) is 4.79 Å². The number of ketones is 1. The topological polar surface area (TPSA) is 68.3 Å². The Kier molecular flexibility index (Phi) is 5.64. The Morgan fingerprint density at radius 1 is 1.38 bits per heavy atom. The molecule has 0 amide bonds. The van der Waals surface area contributed by atoms with Crippen LogP contribution >= 0.6 is 23.1 Å². The molecule has 2 unspecified atom stereocenters. The van der Waals surface area contributed by atoms with Gasteiger partial charge >= 0.3 is 5.97 Å². The lowest BCUT2D eigenvalue weighted by atomic mass is 9.95. The lowest BCUT2D eigenvalue weighted by Gasteiger charge is -2.30. The second-order valence-electron chi connectivity index (χ2n) is 5.05. The second kappa shape index (κ2) is 7.26. The molecule has 1 aliphatic rings. The standard InChI is InChI=1S/C14H20N2O3S2/c1-8(17)12-11(13(18)19-2)16-14(21-12)15-9-6-4-5-7-10(9)20-3/h9-10H,4-7H2,1-3H3,(H,15,16). The molecule has 0 spiro atoms. The van der Waals surface area contributed by atoms with Crippen molar-refractivity contribution in [1.82, 2.24) is 4.98 Å². The van der Waals surface area contributed by atoms with Crippen molar-refractivity contribution in [2.75, 3.05) is 18.7 Å². The Hall–Kier alpha value is -1.08. The van der Waals surface area contributed by atoms with Gasteiger partial charge in [-0.25, -0.2) is 9.78 Å². The third kappa shape index (κ3) is 3.77. The summed E-state index contributed by atoms with van der Waals surface area (Å²) in [6, 6.07) is 0.338. The molecule has 0 radical (unpaired) electrons. The van der Waals surface area contributed by atoms with Crippen molar-refractivity contribution in [2.45, 2.75) is 43.9 Å². The number of ether oxygens (including phenoxy) is 1. The molecule has 0 aromatic carbocycles. The van der Waals surface area contributed by atoms with E-state index < -0.39 is 5.97 Å². The summed E-state index contributed by atoms with van der Waals surface area (Å²) in [4.78, 5) is 28.0. The zero-order valence-electron chi connectivity index (χ0n) is 12.5. The number of hydrogen-bond donors (Lipinski definition) is 1. The molecule has 0 bridgehead atoms. The summed E-state index contributed by atoms with van der Waals surface area (Å²) >= 11 is 3.09. The summed E-state index contributed by atoms with van der Waals surface area (Å²) in [5, 5.41) is 4.58. The van der Waals surface area contributed by atoms with Gasteiger partial charge in [-0.15, -0.1) is 0 Å². The highest BCUT2D eigenvalue weighted by atomic mass is 32.2. The molecule has 7 heteroatoms. The molecule has 1 saturated carbocycles. The van der Waals surface area contributed by atoms with E-state index in [2.05, 4.69) is 16.6 Å². The first kappa shape index (κ1) is 16.3. The molecular formula is C14H20N2O3S2. The van der Waals surface area contributed by atoms with E-state index in [-0.39, 0.29) is 11.5 Å². The van der Waals surface area contributed by atoms with Crippen molar-refractivity contribution in [3.8, 4) is 0 Å². The maximum Gasteiger partial charge on any atom is 0.358 e. The summed E-state index contributed by atoms with van der Waals surface area (Å²) in [5.74, 6) is -0.722. The van der Waals surface area contributed by atoms with Crippen molar-refractivity contribution < 1.29 is 14.3 Å². The van der Waals surface area contributed by atoms with E-state index in [1.54, 1.807) is 0 Å². The predicted molar refractivity (Wildman–Crippen MR) is 86.6 cm³/mol. The van der Waals surface area contributed by atoms with Crippen LogP contribution in [0, 0.1) is 0 Å². The number of anilines is 1. The van der Waals surface area contributed by atoms with Gasteiger partial charge in [0.2, 0.25) is 0 Å². The number of thioether (sulfide) groups is 1. The van der Waals surface area contributed by atoms with Crippen LogP contribution in [0.3, 0.4) is 0 Å². The summed E-state index contributed by atoms with van der Waals surface area (Å²) in [7, 11) is 1.30. The number of nitrogens with zero attached hydrogens (tertiary/aromatic N) is 1. The quantitative estimate of drug-likeness (QED) is 0.661. The van der Waals surface area contributed by atoms with Gasteiger partial charge in [0, 0.05) is 18.2 Å². The fourth-order valence-electron chi connectivity index (χ4n) is 2.56. The third-order valence-corrected chi connectivity index (χ3v) is 5.90. The number of rotatable bonds is 5. The van der Waals surface area contributed by atoms with E-state index in [1.165, 1.54) is 44.6 Å². The molecule has 1 aliphatic carbocycles. The van der Waals surface area contributed by atoms with Crippen LogP contribution in [0.15, 0.2) is 0 Å². The van der Waals surface area contributed by atoms with E-state index in [1.807, 2.05) is 11.8 Å². The van der Waals surface area contributed by atoms with Gasteiger partial charge in [-0.05, 0) is 19.1 Å². The molecule has 2 rings (SSSR count). The molecule has 21 heavy (non-hydrogen) atoms. The maximum atomic E-state index is 11.7. The van der Waals surface area contributed by atoms with Gasteiger partial charge in [0.1, 0.15) is 4.88 Å². The first-order valence-electron chi connectivity index (χ1n) is 6.96. The number of carbonyl (C=O) groups excluding carboxylic acids is 2. The Balaban J connectivity index is 2.20. The fraction of sp³-hybridized carbons (Fsp3) is 0.643. The highest BCUT2D eigenvalue weighted by molar-refractivity contribution is 7.99. The highest BCUT2D eigenvalue weighted by Crippen LogP contribution is 2.32. The normalized spacial score (nSPS) is 21.9. The summed E-state index contributed by atoms with van der Waals surface area (Å²) < 4.78 is 4.69. The first-order valence-corrected chi connectivity index (χ1v) is 9.06. The van der Waals surface area contributed by atoms with Gasteiger partial charge in [0.15, 0.2) is 16.6 Å². The highest BCUT2D eigenvalue weighted by Gasteiger charge is 2.27. The molecule has 1 N–H and O–H groups in total. The SMILES string of the molecule is COC(=O)c1nc(NC2CCCCC2SC)sc1C(C)=O. The van der Waals surface area contributed by atoms with Gasteiger partial charge < -0.3 is 10.1 Å². The van der Waals surface area contributed by atoms with Gasteiger partial charge in [-0.2, -0.15) is 11.8 Å². The largest absolute Gasteiger partial charge is 0.464 e. The van der Waals surface area contributed by atoms with Crippen molar-refractivity contribution in [3.63, 3.8) is 0 Å². The zero-order chi connectivity index (χ0) is 15.4.